The van der Waals surface area contributed by atoms with Gasteiger partial charge in [0.2, 0.25) is 0 Å². The summed E-state index contributed by atoms with van der Waals surface area (Å²) in [5, 5.41) is 18.9. The van der Waals surface area contributed by atoms with Gasteiger partial charge in [-0.15, -0.1) is 0 Å². The van der Waals surface area contributed by atoms with Crippen LogP contribution >= 0.6 is 0 Å². The predicted octanol–water partition coefficient (Wildman–Crippen LogP) is 3.27. The van der Waals surface area contributed by atoms with E-state index in [4.69, 9.17) is 15.7 Å². The average molecular weight is 464 g/mol. The van der Waals surface area contributed by atoms with Gasteiger partial charge in [0.05, 0.1) is 34.2 Å². The number of nitriles is 1. The lowest BCUT2D eigenvalue weighted by Gasteiger charge is -2.28. The minimum absolute atomic E-state index is 0.252. The Kier molecular flexibility index (Phi) is 6.77. The summed E-state index contributed by atoms with van der Waals surface area (Å²) >= 11 is 0. The topological polar surface area (TPSA) is 147 Å². The quantitative estimate of drug-likeness (QED) is 0.508. The number of ether oxygens (including phenoxy) is 1. The molecule has 0 unspecified atom stereocenters. The highest BCUT2D eigenvalue weighted by molar-refractivity contribution is 5.99. The van der Waals surface area contributed by atoms with Gasteiger partial charge in [0.25, 0.3) is 5.91 Å². The largest absolute Gasteiger partial charge is 0.444 e. The van der Waals surface area contributed by atoms with Crippen LogP contribution in [0.15, 0.2) is 36.7 Å². The smallest absolute Gasteiger partial charge is 0.408 e. The van der Waals surface area contributed by atoms with E-state index >= 15 is 0 Å². The number of carbonyl (C=O) groups is 2. The summed E-state index contributed by atoms with van der Waals surface area (Å²) in [6.07, 6.45) is 2.87. The number of nitrogens with zero attached hydrogens (tertiary/aromatic N) is 4. The zero-order valence-electron chi connectivity index (χ0n) is 20.0. The Morgan fingerprint density at radius 1 is 1.18 bits per heavy atom. The van der Waals surface area contributed by atoms with Gasteiger partial charge in [-0.25, -0.2) is 9.31 Å². The summed E-state index contributed by atoms with van der Waals surface area (Å²) in [6, 6.07) is 9.05. The monoisotopic (exact) mass is 463 g/mol. The molecular formula is C24H29N7O3. The number of hydrogen-bond acceptors (Lipinski definition) is 7. The van der Waals surface area contributed by atoms with Gasteiger partial charge in [-0.05, 0) is 65.3 Å². The molecule has 34 heavy (non-hydrogen) atoms. The second-order valence-electron chi connectivity index (χ2n) is 9.58. The van der Waals surface area contributed by atoms with E-state index in [0.717, 1.165) is 5.52 Å². The fourth-order valence-corrected chi connectivity index (χ4v) is 3.28. The summed E-state index contributed by atoms with van der Waals surface area (Å²) in [5.74, 6) is -0.360. The van der Waals surface area contributed by atoms with E-state index in [9.17, 15) is 9.59 Å². The molecule has 2 amide bonds. The second kappa shape index (κ2) is 9.39. The Labute approximate surface area is 198 Å². The molecule has 178 valence electrons. The maximum atomic E-state index is 12.7. The first-order valence-corrected chi connectivity index (χ1v) is 10.8. The highest BCUT2D eigenvalue weighted by Crippen LogP contribution is 2.24. The predicted molar refractivity (Wildman–Crippen MR) is 128 cm³/mol. The molecule has 0 saturated carbocycles. The van der Waals surface area contributed by atoms with Gasteiger partial charge >= 0.3 is 6.09 Å². The van der Waals surface area contributed by atoms with Gasteiger partial charge in [-0.2, -0.15) is 10.4 Å². The Morgan fingerprint density at radius 2 is 1.91 bits per heavy atom. The van der Waals surface area contributed by atoms with E-state index in [1.54, 1.807) is 37.4 Å². The van der Waals surface area contributed by atoms with E-state index in [-0.39, 0.29) is 17.2 Å². The minimum atomic E-state index is -0.589. The Bertz CT molecular complexity index is 1270. The maximum absolute atomic E-state index is 12.7. The number of nitrogen functional groups attached to an aromatic ring is 1. The van der Waals surface area contributed by atoms with Gasteiger partial charge in [0.15, 0.2) is 0 Å². The molecule has 4 N–H and O–H groups in total. The van der Waals surface area contributed by atoms with Crippen LogP contribution in [0.1, 0.15) is 57.0 Å². The first-order chi connectivity index (χ1) is 15.9. The van der Waals surface area contributed by atoms with E-state index in [2.05, 4.69) is 26.8 Å². The molecule has 0 spiro atoms. The van der Waals surface area contributed by atoms with Crippen molar-refractivity contribution >= 4 is 23.2 Å². The second-order valence-corrected chi connectivity index (χ2v) is 9.58. The van der Waals surface area contributed by atoms with E-state index in [0.29, 0.717) is 29.9 Å². The van der Waals surface area contributed by atoms with Gasteiger partial charge in [0.1, 0.15) is 11.7 Å². The molecule has 0 aliphatic carbocycles. The third kappa shape index (κ3) is 6.01. The highest BCUT2D eigenvalue weighted by Gasteiger charge is 2.24. The summed E-state index contributed by atoms with van der Waals surface area (Å²) in [5.41, 5.74) is 7.95. The van der Waals surface area contributed by atoms with Crippen molar-refractivity contribution in [1.29, 1.82) is 5.26 Å². The number of anilines is 1. The SMILES string of the molecule is CC(C)(CCNC(=O)c1cnc(-c2ccc3cc(C#N)cnn23)cc1N)NC(=O)OC(C)(C)C. The average Bonchev–Trinajstić information content (AvgIpc) is 3.14. The third-order valence-corrected chi connectivity index (χ3v) is 4.95. The van der Waals surface area contributed by atoms with Crippen LogP contribution in [0.3, 0.4) is 0 Å². The van der Waals surface area contributed by atoms with E-state index in [1.165, 1.54) is 12.4 Å². The number of pyridine rings is 1. The number of rotatable bonds is 6. The lowest BCUT2D eigenvalue weighted by molar-refractivity contribution is 0.0468. The van der Waals surface area contributed by atoms with E-state index in [1.807, 2.05) is 26.0 Å². The number of carbonyl (C=O) groups excluding carboxylic acids is 2. The molecule has 0 aliphatic heterocycles. The van der Waals surface area contributed by atoms with Crippen molar-refractivity contribution in [2.24, 2.45) is 0 Å². The third-order valence-electron chi connectivity index (χ3n) is 4.95. The highest BCUT2D eigenvalue weighted by atomic mass is 16.6. The van der Waals surface area contributed by atoms with Gasteiger partial charge < -0.3 is 21.1 Å². The molecule has 3 aromatic heterocycles. The normalized spacial score (nSPS) is 11.6. The molecule has 0 saturated heterocycles. The van der Waals surface area contributed by atoms with Crippen molar-refractivity contribution in [3.63, 3.8) is 0 Å². The fraction of sp³-hybridized carbons (Fsp3) is 0.375. The van der Waals surface area contributed by atoms with Crippen LogP contribution in [0.5, 0.6) is 0 Å². The molecule has 3 rings (SSSR count). The van der Waals surface area contributed by atoms with Crippen molar-refractivity contribution < 1.29 is 14.3 Å². The molecule has 10 heteroatoms. The molecular weight excluding hydrogens is 434 g/mol. The zero-order valence-corrected chi connectivity index (χ0v) is 20.0. The van der Waals surface area contributed by atoms with Gasteiger partial charge in [-0.1, -0.05) is 0 Å². The molecule has 0 aliphatic rings. The van der Waals surface area contributed by atoms with Crippen molar-refractivity contribution in [2.75, 3.05) is 12.3 Å². The zero-order chi connectivity index (χ0) is 25.1. The first-order valence-electron chi connectivity index (χ1n) is 10.8. The standard InChI is InChI=1S/C24H29N7O3/c1-23(2,3)34-22(33)30-24(4,5)8-9-27-21(32)17-14-28-19(11-18(17)26)20-7-6-16-10-15(12-25)13-29-31(16)20/h6-7,10-11,13-14H,8-9H2,1-5H3,(H2,26,28)(H,27,32)(H,30,33). The lowest BCUT2D eigenvalue weighted by Crippen LogP contribution is -2.47. The van der Waals surface area contributed by atoms with Crippen molar-refractivity contribution in [1.82, 2.24) is 25.2 Å². The number of nitrogens with one attached hydrogen (secondary N) is 2. The van der Waals surface area contributed by atoms with Crippen LogP contribution in [-0.4, -0.2) is 44.3 Å². The first kappa shape index (κ1) is 24.5. The summed E-state index contributed by atoms with van der Waals surface area (Å²) in [6.45, 7) is 9.40. The van der Waals surface area contributed by atoms with Crippen molar-refractivity contribution in [2.45, 2.75) is 52.2 Å². The molecule has 0 fully saturated rings. The summed E-state index contributed by atoms with van der Waals surface area (Å²) in [7, 11) is 0. The van der Waals surface area contributed by atoms with Crippen LogP contribution in [0, 0.1) is 11.3 Å². The van der Waals surface area contributed by atoms with Gasteiger partial charge in [0, 0.05) is 24.0 Å². The molecule has 0 bridgehead atoms. The van der Waals surface area contributed by atoms with Crippen LogP contribution in [-0.2, 0) is 4.74 Å². The van der Waals surface area contributed by atoms with Gasteiger partial charge in [-0.3, -0.25) is 9.78 Å². The molecule has 10 nitrogen and oxygen atoms in total. The molecule has 0 aromatic carbocycles. The molecule has 3 aromatic rings. The lowest BCUT2D eigenvalue weighted by atomic mass is 10.0. The number of fused-ring (bicyclic) bond motifs is 1. The molecule has 0 atom stereocenters. The van der Waals surface area contributed by atoms with Crippen LogP contribution < -0.4 is 16.4 Å². The van der Waals surface area contributed by atoms with Crippen molar-refractivity contribution in [3.8, 4) is 17.5 Å². The summed E-state index contributed by atoms with van der Waals surface area (Å²) < 4.78 is 6.94. The Balaban J connectivity index is 1.63. The molecule has 0 radical (unpaired) electrons. The minimum Gasteiger partial charge on any atom is -0.444 e. The number of hydrogen-bond donors (Lipinski definition) is 3. The number of nitrogens with two attached hydrogens (primary N) is 1. The number of aromatic nitrogens is 3. The Hall–Kier alpha value is -4.13. The summed E-state index contributed by atoms with van der Waals surface area (Å²) in [4.78, 5) is 29.1. The number of amides is 2. The molecule has 3 heterocycles. The fourth-order valence-electron chi connectivity index (χ4n) is 3.28. The van der Waals surface area contributed by atoms with Crippen LogP contribution in [0.25, 0.3) is 16.9 Å². The Morgan fingerprint density at radius 3 is 2.56 bits per heavy atom. The maximum Gasteiger partial charge on any atom is 0.408 e. The van der Waals surface area contributed by atoms with Crippen molar-refractivity contribution in [3.05, 3.63) is 47.8 Å². The van der Waals surface area contributed by atoms with Crippen LogP contribution in [0.4, 0.5) is 10.5 Å². The van der Waals surface area contributed by atoms with E-state index < -0.39 is 17.2 Å². The number of alkyl carbamates (subject to hydrolysis) is 1. The van der Waals surface area contributed by atoms with Crippen LogP contribution in [0.2, 0.25) is 0 Å².